The quantitative estimate of drug-likeness (QED) is 0.577. The highest BCUT2D eigenvalue weighted by Gasteiger charge is 2.57. The molecule has 0 aromatic heterocycles. The third-order valence-electron chi connectivity index (χ3n) is 4.09. The first-order chi connectivity index (χ1) is 7.65. The summed E-state index contributed by atoms with van der Waals surface area (Å²) in [6.45, 7) is 2.20. The number of ether oxygens (including phenoxy) is 1. The van der Waals surface area contributed by atoms with Crippen LogP contribution in [-0.4, -0.2) is 23.3 Å². The largest absolute Gasteiger partial charge is 0.465 e. The van der Waals surface area contributed by atoms with Crippen molar-refractivity contribution in [2.24, 2.45) is 5.41 Å². The number of carbonyl (C=O) groups is 1. The number of hydrogen-bond donors (Lipinski definition) is 1. The van der Waals surface area contributed by atoms with Gasteiger partial charge in [-0.3, -0.25) is 4.79 Å². The van der Waals surface area contributed by atoms with E-state index in [0.29, 0.717) is 19.4 Å². The highest BCUT2D eigenvalue weighted by molar-refractivity contribution is 5.79. The van der Waals surface area contributed by atoms with Gasteiger partial charge in [-0.2, -0.15) is 0 Å². The second kappa shape index (κ2) is 4.21. The summed E-state index contributed by atoms with van der Waals surface area (Å²) >= 11 is 0. The second-order valence-corrected chi connectivity index (χ2v) is 4.92. The maximum atomic E-state index is 12.1. The maximum absolute atomic E-state index is 12.1. The van der Waals surface area contributed by atoms with Crippen LogP contribution >= 0.6 is 0 Å². The minimum Gasteiger partial charge on any atom is -0.465 e. The van der Waals surface area contributed by atoms with E-state index in [4.69, 9.17) is 4.74 Å². The molecule has 3 heteroatoms. The maximum Gasteiger partial charge on any atom is 0.315 e. The van der Waals surface area contributed by atoms with Gasteiger partial charge in [0.2, 0.25) is 0 Å². The topological polar surface area (TPSA) is 46.5 Å². The zero-order chi connectivity index (χ0) is 11.6. The molecule has 0 aliphatic heterocycles. The van der Waals surface area contributed by atoms with Gasteiger partial charge in [0.1, 0.15) is 5.41 Å². The van der Waals surface area contributed by atoms with Crippen LogP contribution in [0.15, 0.2) is 12.2 Å². The van der Waals surface area contributed by atoms with E-state index in [-0.39, 0.29) is 5.97 Å². The average molecular weight is 224 g/mol. The molecule has 2 rings (SSSR count). The predicted molar refractivity (Wildman–Crippen MR) is 60.9 cm³/mol. The number of esters is 1. The van der Waals surface area contributed by atoms with Crippen LogP contribution in [0.3, 0.4) is 0 Å². The summed E-state index contributed by atoms with van der Waals surface area (Å²) < 4.78 is 5.17. The molecule has 90 valence electrons. The van der Waals surface area contributed by atoms with Crippen molar-refractivity contribution < 1.29 is 14.6 Å². The fourth-order valence-corrected chi connectivity index (χ4v) is 3.11. The van der Waals surface area contributed by atoms with Gasteiger partial charge in [0, 0.05) is 0 Å². The van der Waals surface area contributed by atoms with Gasteiger partial charge >= 0.3 is 5.97 Å². The van der Waals surface area contributed by atoms with Crippen molar-refractivity contribution in [3.05, 3.63) is 12.2 Å². The Morgan fingerprint density at radius 2 is 2.00 bits per heavy atom. The first kappa shape index (κ1) is 11.6. The van der Waals surface area contributed by atoms with Gasteiger partial charge in [-0.1, -0.05) is 25.0 Å². The summed E-state index contributed by atoms with van der Waals surface area (Å²) in [5.41, 5.74) is -1.54. The zero-order valence-electron chi connectivity index (χ0n) is 9.87. The van der Waals surface area contributed by atoms with Crippen LogP contribution in [0.1, 0.15) is 45.4 Å². The van der Waals surface area contributed by atoms with Gasteiger partial charge in [0.15, 0.2) is 0 Å². The van der Waals surface area contributed by atoms with Crippen molar-refractivity contribution >= 4 is 5.97 Å². The molecular formula is C13H20O3. The molecule has 0 aromatic rings. The molecule has 0 radical (unpaired) electrons. The van der Waals surface area contributed by atoms with E-state index in [2.05, 4.69) is 0 Å². The number of fused-ring (bicyclic) bond motifs is 1. The molecule has 16 heavy (non-hydrogen) atoms. The van der Waals surface area contributed by atoms with E-state index >= 15 is 0 Å². The van der Waals surface area contributed by atoms with Crippen LogP contribution in [0, 0.1) is 5.41 Å². The molecule has 0 spiro atoms. The van der Waals surface area contributed by atoms with Gasteiger partial charge in [-0.15, -0.1) is 0 Å². The van der Waals surface area contributed by atoms with Crippen molar-refractivity contribution in [3.63, 3.8) is 0 Å². The van der Waals surface area contributed by atoms with E-state index in [9.17, 15) is 9.90 Å². The highest BCUT2D eigenvalue weighted by Crippen LogP contribution is 2.51. The summed E-state index contributed by atoms with van der Waals surface area (Å²) in [4.78, 5) is 12.1. The number of carbonyl (C=O) groups excluding carboxylic acids is 1. The molecule has 0 saturated heterocycles. The Morgan fingerprint density at radius 1 is 1.31 bits per heavy atom. The first-order valence-electron chi connectivity index (χ1n) is 6.19. The molecule has 2 aliphatic carbocycles. The van der Waals surface area contributed by atoms with Crippen LogP contribution in [-0.2, 0) is 9.53 Å². The molecule has 0 unspecified atom stereocenters. The lowest BCUT2D eigenvalue weighted by Crippen LogP contribution is -2.56. The predicted octanol–water partition coefficient (Wildman–Crippen LogP) is 2.19. The van der Waals surface area contributed by atoms with Crippen LogP contribution < -0.4 is 0 Å². The molecule has 0 amide bonds. The van der Waals surface area contributed by atoms with Crippen LogP contribution in [0.5, 0.6) is 0 Å². The van der Waals surface area contributed by atoms with E-state index < -0.39 is 11.0 Å². The molecule has 0 heterocycles. The van der Waals surface area contributed by atoms with Gasteiger partial charge in [-0.25, -0.2) is 0 Å². The fourth-order valence-electron chi connectivity index (χ4n) is 3.11. The van der Waals surface area contributed by atoms with Crippen LogP contribution in [0.2, 0.25) is 0 Å². The number of hydrogen-bond acceptors (Lipinski definition) is 3. The zero-order valence-corrected chi connectivity index (χ0v) is 9.87. The Morgan fingerprint density at radius 3 is 2.75 bits per heavy atom. The molecule has 2 atom stereocenters. The Bertz CT molecular complexity index is 310. The van der Waals surface area contributed by atoms with E-state index in [0.717, 1.165) is 25.7 Å². The lowest BCUT2D eigenvalue weighted by atomic mass is 9.58. The normalized spacial score (nSPS) is 37.9. The number of allylic oxidation sites excluding steroid dienone is 1. The molecule has 1 saturated carbocycles. The molecule has 1 fully saturated rings. The molecule has 0 aromatic carbocycles. The lowest BCUT2D eigenvalue weighted by molar-refractivity contribution is -0.184. The SMILES string of the molecule is CCOC(=O)[C@@]12CC=CC[C@@]1(O)CCCC2. The van der Waals surface area contributed by atoms with Gasteiger partial charge < -0.3 is 9.84 Å². The summed E-state index contributed by atoms with van der Waals surface area (Å²) in [7, 11) is 0. The lowest BCUT2D eigenvalue weighted by Gasteiger charge is -2.49. The first-order valence-corrected chi connectivity index (χ1v) is 6.19. The minimum atomic E-state index is -0.869. The minimum absolute atomic E-state index is 0.207. The number of aliphatic hydroxyl groups is 1. The Hall–Kier alpha value is -0.830. The van der Waals surface area contributed by atoms with Crippen molar-refractivity contribution in [2.75, 3.05) is 6.61 Å². The van der Waals surface area contributed by atoms with E-state index in [1.54, 1.807) is 0 Å². The summed E-state index contributed by atoms with van der Waals surface area (Å²) in [5.74, 6) is -0.207. The fraction of sp³-hybridized carbons (Fsp3) is 0.769. The van der Waals surface area contributed by atoms with E-state index in [1.807, 2.05) is 19.1 Å². The molecule has 3 nitrogen and oxygen atoms in total. The van der Waals surface area contributed by atoms with Crippen molar-refractivity contribution in [3.8, 4) is 0 Å². The molecule has 0 bridgehead atoms. The average Bonchev–Trinajstić information content (AvgIpc) is 2.28. The van der Waals surface area contributed by atoms with Crippen LogP contribution in [0.25, 0.3) is 0 Å². The van der Waals surface area contributed by atoms with Gasteiger partial charge in [0.05, 0.1) is 12.2 Å². The van der Waals surface area contributed by atoms with Crippen molar-refractivity contribution in [1.82, 2.24) is 0 Å². The summed E-state index contributed by atoms with van der Waals surface area (Å²) in [6, 6.07) is 0. The summed E-state index contributed by atoms with van der Waals surface area (Å²) in [5, 5.41) is 10.7. The Balaban J connectivity index is 2.31. The molecular weight excluding hydrogens is 204 g/mol. The Labute approximate surface area is 96.5 Å². The third kappa shape index (κ3) is 1.58. The van der Waals surface area contributed by atoms with E-state index in [1.165, 1.54) is 0 Å². The Kier molecular flexibility index (Phi) is 3.06. The highest BCUT2D eigenvalue weighted by atomic mass is 16.5. The van der Waals surface area contributed by atoms with Crippen molar-refractivity contribution in [1.29, 1.82) is 0 Å². The molecule has 1 N–H and O–H groups in total. The second-order valence-electron chi connectivity index (χ2n) is 4.92. The van der Waals surface area contributed by atoms with Crippen molar-refractivity contribution in [2.45, 2.75) is 51.0 Å². The van der Waals surface area contributed by atoms with Gasteiger partial charge in [-0.05, 0) is 32.6 Å². The smallest absolute Gasteiger partial charge is 0.315 e. The third-order valence-corrected chi connectivity index (χ3v) is 4.09. The summed E-state index contributed by atoms with van der Waals surface area (Å²) in [6.07, 6.45) is 8.71. The monoisotopic (exact) mass is 224 g/mol. The van der Waals surface area contributed by atoms with Crippen LogP contribution in [0.4, 0.5) is 0 Å². The number of rotatable bonds is 2. The van der Waals surface area contributed by atoms with Gasteiger partial charge in [0.25, 0.3) is 0 Å². The molecule has 2 aliphatic rings. The standard InChI is InChI=1S/C13H20O3/c1-2-16-11(14)12-7-3-5-9-13(12,15)10-6-4-8-12/h3,5,15H,2,4,6-10H2,1H3/t12-,13+/m0/s1.